The van der Waals surface area contributed by atoms with Crippen molar-refractivity contribution in [2.45, 2.75) is 35.3 Å². The van der Waals surface area contributed by atoms with Crippen LogP contribution in [-0.4, -0.2) is 32.9 Å². The Labute approximate surface area is 185 Å². The van der Waals surface area contributed by atoms with Crippen molar-refractivity contribution >= 4 is 46.0 Å². The topological polar surface area (TPSA) is 79.5 Å². The number of nitrogens with zero attached hydrogens (tertiary/aromatic N) is 3. The maximum absolute atomic E-state index is 13.3. The fraction of sp³-hybridized carbons (Fsp3) is 0.227. The molecule has 0 radical (unpaired) electrons. The first-order valence-electron chi connectivity index (χ1n) is 9.84. The Balaban J connectivity index is 1.46. The van der Waals surface area contributed by atoms with Crippen molar-refractivity contribution < 1.29 is 22.8 Å². The first kappa shape index (κ1) is 20.6. The van der Waals surface area contributed by atoms with E-state index in [1.807, 2.05) is 6.07 Å². The number of pyridine rings is 1. The van der Waals surface area contributed by atoms with Crippen molar-refractivity contribution in [3.05, 3.63) is 60.3 Å². The number of aromatic nitrogens is 1. The zero-order chi connectivity index (χ0) is 22.7. The quantitative estimate of drug-likeness (QED) is 0.341. The number of hydrogen-bond acceptors (Lipinski definition) is 5. The maximum Gasteiger partial charge on any atom is 0.446 e. The van der Waals surface area contributed by atoms with Crippen LogP contribution in [0.5, 0.6) is 0 Å². The zero-order valence-electron chi connectivity index (χ0n) is 16.6. The molecule has 1 saturated heterocycles. The van der Waals surface area contributed by atoms with Crippen LogP contribution in [0.1, 0.15) is 18.4 Å². The SMILES string of the molecule is Nc1cccc2c(CN3C(=O)N(c4ccc(SC(F)(F)F)cc4)C(=O)C34CC4)ccnc12. The van der Waals surface area contributed by atoms with Gasteiger partial charge in [-0.15, -0.1) is 0 Å². The molecule has 1 saturated carbocycles. The number of benzene rings is 2. The van der Waals surface area contributed by atoms with Gasteiger partial charge < -0.3 is 10.6 Å². The van der Waals surface area contributed by atoms with Gasteiger partial charge in [0.2, 0.25) is 0 Å². The van der Waals surface area contributed by atoms with Crippen molar-refractivity contribution in [1.82, 2.24) is 9.88 Å². The number of thioether (sulfide) groups is 1. The smallest absolute Gasteiger partial charge is 0.397 e. The van der Waals surface area contributed by atoms with E-state index in [1.165, 1.54) is 24.3 Å². The van der Waals surface area contributed by atoms with Crippen molar-refractivity contribution in [2.75, 3.05) is 10.6 Å². The van der Waals surface area contributed by atoms with Gasteiger partial charge >= 0.3 is 11.5 Å². The van der Waals surface area contributed by atoms with E-state index in [0.29, 0.717) is 24.0 Å². The van der Waals surface area contributed by atoms with E-state index in [0.717, 1.165) is 15.8 Å². The van der Waals surface area contributed by atoms with E-state index < -0.39 is 17.1 Å². The second kappa shape index (κ2) is 7.13. The minimum Gasteiger partial charge on any atom is -0.397 e. The number of nitrogens with two attached hydrogens (primary N) is 1. The van der Waals surface area contributed by atoms with Crippen molar-refractivity contribution in [3.8, 4) is 0 Å². The van der Waals surface area contributed by atoms with Gasteiger partial charge in [-0.3, -0.25) is 9.78 Å². The van der Waals surface area contributed by atoms with Crippen molar-refractivity contribution in [2.24, 2.45) is 0 Å². The standard InChI is InChI=1S/C22H17F3N4O2S/c23-22(24,25)32-15-6-4-14(5-7-15)29-19(30)21(9-10-21)28(20(29)31)12-13-8-11-27-18-16(13)2-1-3-17(18)26/h1-8,11H,9-10,12,26H2. The van der Waals surface area contributed by atoms with E-state index in [9.17, 15) is 22.8 Å². The summed E-state index contributed by atoms with van der Waals surface area (Å²) in [6.07, 6.45) is 2.70. The number of halogens is 3. The summed E-state index contributed by atoms with van der Waals surface area (Å²) in [6.45, 7) is 0.200. The summed E-state index contributed by atoms with van der Waals surface area (Å²) in [4.78, 5) is 33.4. The predicted molar refractivity (Wildman–Crippen MR) is 115 cm³/mol. The van der Waals surface area contributed by atoms with Crippen LogP contribution in [0.25, 0.3) is 10.9 Å². The molecular formula is C22H17F3N4O2S. The number of hydrogen-bond donors (Lipinski definition) is 1. The number of carbonyl (C=O) groups is 2. The fourth-order valence-electron chi connectivity index (χ4n) is 4.12. The second-order valence-corrected chi connectivity index (χ2v) is 8.93. The lowest BCUT2D eigenvalue weighted by atomic mass is 10.1. The molecule has 32 heavy (non-hydrogen) atoms. The third-order valence-electron chi connectivity index (χ3n) is 5.81. The minimum atomic E-state index is -4.41. The third-order valence-corrected chi connectivity index (χ3v) is 6.55. The average Bonchev–Trinajstić information content (AvgIpc) is 3.51. The molecule has 0 atom stereocenters. The van der Waals surface area contributed by atoms with Crippen LogP contribution in [0.4, 0.5) is 29.3 Å². The minimum absolute atomic E-state index is 0.0146. The number of carbonyl (C=O) groups excluding carboxylic acids is 2. The Morgan fingerprint density at radius 3 is 2.44 bits per heavy atom. The van der Waals surface area contributed by atoms with Gasteiger partial charge in [-0.05, 0) is 66.6 Å². The Morgan fingerprint density at radius 1 is 1.06 bits per heavy atom. The molecule has 2 aromatic carbocycles. The molecule has 1 aromatic heterocycles. The number of amides is 3. The van der Waals surface area contributed by atoms with Gasteiger partial charge in [-0.25, -0.2) is 9.69 Å². The molecule has 2 N–H and O–H groups in total. The lowest BCUT2D eigenvalue weighted by molar-refractivity contribution is -0.120. The average molecular weight is 458 g/mol. The number of fused-ring (bicyclic) bond motifs is 1. The summed E-state index contributed by atoms with van der Waals surface area (Å²) >= 11 is -0.245. The molecule has 1 aliphatic carbocycles. The van der Waals surface area contributed by atoms with E-state index in [4.69, 9.17) is 5.73 Å². The Kier molecular flexibility index (Phi) is 4.59. The molecule has 3 amide bonds. The molecule has 2 aliphatic rings. The number of imide groups is 1. The second-order valence-electron chi connectivity index (χ2n) is 7.80. The van der Waals surface area contributed by atoms with Gasteiger partial charge in [0.05, 0.1) is 16.9 Å². The third kappa shape index (κ3) is 3.35. The molecule has 5 rings (SSSR count). The summed E-state index contributed by atoms with van der Waals surface area (Å²) in [6, 6.07) is 12.0. The van der Waals surface area contributed by atoms with E-state index in [-0.39, 0.29) is 34.8 Å². The van der Waals surface area contributed by atoms with Gasteiger partial charge in [-0.1, -0.05) is 12.1 Å². The van der Waals surface area contributed by atoms with Crippen molar-refractivity contribution in [3.63, 3.8) is 0 Å². The fourth-order valence-corrected chi connectivity index (χ4v) is 4.66. The maximum atomic E-state index is 13.3. The number of anilines is 2. The molecule has 1 spiro atoms. The predicted octanol–water partition coefficient (Wildman–Crippen LogP) is 4.93. The van der Waals surface area contributed by atoms with Crippen LogP contribution < -0.4 is 10.6 Å². The van der Waals surface area contributed by atoms with E-state index >= 15 is 0 Å². The molecule has 164 valence electrons. The van der Waals surface area contributed by atoms with Gasteiger partial charge in [-0.2, -0.15) is 13.2 Å². The number of alkyl halides is 3. The Hall–Kier alpha value is -3.27. The molecule has 2 fully saturated rings. The highest BCUT2D eigenvalue weighted by Crippen LogP contribution is 2.50. The highest BCUT2D eigenvalue weighted by atomic mass is 32.2. The van der Waals surface area contributed by atoms with Crippen LogP contribution in [0.2, 0.25) is 0 Å². The molecule has 3 aromatic rings. The lowest BCUT2D eigenvalue weighted by Gasteiger charge is -2.22. The van der Waals surface area contributed by atoms with Gasteiger partial charge in [0.25, 0.3) is 5.91 Å². The normalized spacial score (nSPS) is 17.6. The van der Waals surface area contributed by atoms with Crippen LogP contribution in [0, 0.1) is 0 Å². The molecule has 2 heterocycles. The van der Waals surface area contributed by atoms with Gasteiger partial charge in [0, 0.05) is 23.0 Å². The summed E-state index contributed by atoms with van der Waals surface area (Å²) in [7, 11) is 0. The molecule has 0 bridgehead atoms. The van der Waals surface area contributed by atoms with Crippen LogP contribution in [-0.2, 0) is 11.3 Å². The Bertz CT molecular complexity index is 1240. The molecule has 0 unspecified atom stereocenters. The van der Waals surface area contributed by atoms with Crippen molar-refractivity contribution in [1.29, 1.82) is 0 Å². The number of para-hydroxylation sites is 1. The summed E-state index contributed by atoms with van der Waals surface area (Å²) in [5, 5.41) is 0.801. The first-order valence-corrected chi connectivity index (χ1v) is 10.7. The molecule has 1 aliphatic heterocycles. The number of urea groups is 1. The first-order chi connectivity index (χ1) is 15.2. The lowest BCUT2D eigenvalue weighted by Crippen LogP contribution is -2.36. The summed E-state index contributed by atoms with van der Waals surface area (Å²) < 4.78 is 37.8. The molecule has 10 heteroatoms. The highest BCUT2D eigenvalue weighted by molar-refractivity contribution is 8.00. The van der Waals surface area contributed by atoms with E-state index in [2.05, 4.69) is 4.98 Å². The zero-order valence-corrected chi connectivity index (χ0v) is 17.4. The largest absolute Gasteiger partial charge is 0.446 e. The van der Waals surface area contributed by atoms with Gasteiger partial charge in [0.1, 0.15) is 5.54 Å². The highest BCUT2D eigenvalue weighted by Gasteiger charge is 2.65. The number of rotatable bonds is 4. The van der Waals surface area contributed by atoms with Crippen LogP contribution >= 0.6 is 11.8 Å². The van der Waals surface area contributed by atoms with Gasteiger partial charge in [0.15, 0.2) is 0 Å². The molecular weight excluding hydrogens is 441 g/mol. The monoisotopic (exact) mass is 458 g/mol. The van der Waals surface area contributed by atoms with Crippen LogP contribution in [0.15, 0.2) is 59.6 Å². The summed E-state index contributed by atoms with van der Waals surface area (Å²) in [5.41, 5.74) is 2.91. The Morgan fingerprint density at radius 2 is 1.78 bits per heavy atom. The summed E-state index contributed by atoms with van der Waals surface area (Å²) in [5.74, 6) is -0.350. The van der Waals surface area contributed by atoms with Crippen LogP contribution in [0.3, 0.4) is 0 Å². The van der Waals surface area contributed by atoms with E-state index in [1.54, 1.807) is 29.3 Å². The number of nitrogen functional groups attached to an aromatic ring is 1. The molecule has 6 nitrogen and oxygen atoms in total.